The van der Waals surface area contributed by atoms with Gasteiger partial charge in [0.2, 0.25) is 12.3 Å². The predicted molar refractivity (Wildman–Crippen MR) is 57.9 cm³/mol. The Morgan fingerprint density at radius 1 is 1.56 bits per heavy atom. The molecule has 84 valence electrons. The van der Waals surface area contributed by atoms with E-state index in [0.717, 1.165) is 36.2 Å². The molecule has 4 heteroatoms. The van der Waals surface area contributed by atoms with Gasteiger partial charge in [0.05, 0.1) is 5.41 Å². The summed E-state index contributed by atoms with van der Waals surface area (Å²) in [5.41, 5.74) is 2.85. The molecule has 2 N–H and O–H groups in total. The zero-order valence-electron chi connectivity index (χ0n) is 9.17. The van der Waals surface area contributed by atoms with Crippen LogP contribution in [-0.4, -0.2) is 12.3 Å². The first kappa shape index (κ1) is 9.63. The van der Waals surface area contributed by atoms with E-state index in [1.54, 1.807) is 0 Å². The lowest BCUT2D eigenvalue weighted by Gasteiger charge is -2.21. The van der Waals surface area contributed by atoms with Gasteiger partial charge in [0.1, 0.15) is 0 Å². The van der Waals surface area contributed by atoms with Gasteiger partial charge in [0.25, 0.3) is 0 Å². The molecule has 0 bridgehead atoms. The standard InChI is InChI=1S/C12H14N2O2/c1-7-4-8(13-6-15)5-9-10(7)14-11(16)12(9)2-3-12/h5-7H,2-4H2,1H3,(H,13,15)(H,14,16). The van der Waals surface area contributed by atoms with Crippen LogP contribution in [0.5, 0.6) is 0 Å². The first-order valence-corrected chi connectivity index (χ1v) is 5.64. The normalized spacial score (nSPS) is 29.7. The maximum Gasteiger partial charge on any atom is 0.234 e. The summed E-state index contributed by atoms with van der Waals surface area (Å²) in [7, 11) is 0. The molecule has 2 amide bonds. The predicted octanol–water partition coefficient (Wildman–Crippen LogP) is 0.820. The van der Waals surface area contributed by atoms with Crippen LogP contribution in [0.4, 0.5) is 0 Å². The Morgan fingerprint density at radius 2 is 2.31 bits per heavy atom. The summed E-state index contributed by atoms with van der Waals surface area (Å²) >= 11 is 0. The van der Waals surface area contributed by atoms with Crippen molar-refractivity contribution in [2.75, 3.05) is 0 Å². The van der Waals surface area contributed by atoms with Crippen molar-refractivity contribution in [1.82, 2.24) is 10.6 Å². The van der Waals surface area contributed by atoms with E-state index in [9.17, 15) is 9.59 Å². The summed E-state index contributed by atoms with van der Waals surface area (Å²) in [5.74, 6) is 0.430. The number of amides is 2. The lowest BCUT2D eigenvalue weighted by atomic mass is 9.86. The molecule has 3 aliphatic rings. The average Bonchev–Trinajstić information content (AvgIpc) is 2.97. The number of rotatable bonds is 2. The number of carbonyl (C=O) groups is 2. The van der Waals surface area contributed by atoms with Crippen LogP contribution in [0, 0.1) is 11.3 Å². The molecule has 4 nitrogen and oxygen atoms in total. The summed E-state index contributed by atoms with van der Waals surface area (Å²) < 4.78 is 0. The second-order valence-electron chi connectivity index (χ2n) is 4.90. The zero-order chi connectivity index (χ0) is 11.3. The molecular formula is C12H14N2O2. The van der Waals surface area contributed by atoms with Crippen molar-refractivity contribution in [2.45, 2.75) is 26.2 Å². The molecule has 1 aliphatic heterocycles. The van der Waals surface area contributed by atoms with Crippen molar-refractivity contribution in [3.05, 3.63) is 23.0 Å². The number of carbonyl (C=O) groups excluding carboxylic acids is 2. The summed E-state index contributed by atoms with van der Waals surface area (Å²) in [6.07, 6.45) is 5.35. The smallest absolute Gasteiger partial charge is 0.234 e. The van der Waals surface area contributed by atoms with Crippen molar-refractivity contribution in [3.8, 4) is 0 Å². The molecule has 1 spiro atoms. The monoisotopic (exact) mass is 218 g/mol. The van der Waals surface area contributed by atoms with Gasteiger partial charge in [-0.3, -0.25) is 9.59 Å². The van der Waals surface area contributed by atoms with Crippen LogP contribution in [0.3, 0.4) is 0 Å². The summed E-state index contributed by atoms with van der Waals surface area (Å²) in [6.45, 7) is 2.08. The van der Waals surface area contributed by atoms with Crippen molar-refractivity contribution < 1.29 is 9.59 Å². The first-order valence-electron chi connectivity index (χ1n) is 5.64. The fraction of sp³-hybridized carbons (Fsp3) is 0.500. The first-order chi connectivity index (χ1) is 7.67. The van der Waals surface area contributed by atoms with E-state index >= 15 is 0 Å². The SMILES string of the molecule is CC1CC(NC=O)=CC2=C1NC(=O)C21CC1. The van der Waals surface area contributed by atoms with E-state index in [1.807, 2.05) is 6.08 Å². The molecule has 0 radical (unpaired) electrons. The number of fused-ring (bicyclic) bond motifs is 1. The van der Waals surface area contributed by atoms with Gasteiger partial charge in [-0.15, -0.1) is 0 Å². The maximum atomic E-state index is 11.9. The highest BCUT2D eigenvalue weighted by atomic mass is 16.2. The van der Waals surface area contributed by atoms with E-state index in [0.29, 0.717) is 6.41 Å². The molecule has 3 rings (SSSR count). The van der Waals surface area contributed by atoms with Gasteiger partial charge in [-0.05, 0) is 30.9 Å². The van der Waals surface area contributed by atoms with Crippen LogP contribution in [0.15, 0.2) is 23.0 Å². The van der Waals surface area contributed by atoms with Crippen molar-refractivity contribution in [3.63, 3.8) is 0 Å². The topological polar surface area (TPSA) is 58.2 Å². The minimum atomic E-state index is -0.250. The van der Waals surface area contributed by atoms with Gasteiger partial charge in [-0.2, -0.15) is 0 Å². The quantitative estimate of drug-likeness (QED) is 0.674. The largest absolute Gasteiger partial charge is 0.332 e. The van der Waals surface area contributed by atoms with Crippen LogP contribution in [0.25, 0.3) is 0 Å². The highest BCUT2D eigenvalue weighted by Gasteiger charge is 2.57. The van der Waals surface area contributed by atoms with Crippen molar-refractivity contribution in [2.24, 2.45) is 11.3 Å². The molecule has 0 aromatic rings. The molecule has 1 fully saturated rings. The third-order valence-electron chi connectivity index (χ3n) is 3.82. The number of hydrogen-bond acceptors (Lipinski definition) is 2. The molecule has 2 aliphatic carbocycles. The lowest BCUT2D eigenvalue weighted by Crippen LogP contribution is -2.24. The molecule has 1 heterocycles. The molecule has 0 aromatic carbocycles. The van der Waals surface area contributed by atoms with Crippen LogP contribution >= 0.6 is 0 Å². The Bertz CT molecular complexity index is 444. The van der Waals surface area contributed by atoms with Gasteiger partial charge in [0, 0.05) is 17.3 Å². The minimum Gasteiger partial charge on any atom is -0.332 e. The van der Waals surface area contributed by atoms with Crippen LogP contribution in [0.2, 0.25) is 0 Å². The van der Waals surface area contributed by atoms with E-state index < -0.39 is 0 Å². The molecule has 0 saturated heterocycles. The number of nitrogens with one attached hydrogen (secondary N) is 2. The van der Waals surface area contributed by atoms with E-state index in [4.69, 9.17) is 0 Å². The van der Waals surface area contributed by atoms with Gasteiger partial charge in [0.15, 0.2) is 0 Å². The molecule has 16 heavy (non-hydrogen) atoms. The Balaban J connectivity index is 2.02. The minimum absolute atomic E-state index is 0.146. The van der Waals surface area contributed by atoms with Crippen LogP contribution in [0.1, 0.15) is 26.2 Å². The lowest BCUT2D eigenvalue weighted by molar-refractivity contribution is -0.123. The third-order valence-corrected chi connectivity index (χ3v) is 3.82. The van der Waals surface area contributed by atoms with Crippen molar-refractivity contribution >= 4 is 12.3 Å². The molecule has 1 atom stereocenters. The maximum absolute atomic E-state index is 11.9. The number of hydrogen-bond donors (Lipinski definition) is 2. The van der Waals surface area contributed by atoms with E-state index in [2.05, 4.69) is 17.6 Å². The summed E-state index contributed by atoms with van der Waals surface area (Å²) in [5, 5.41) is 5.72. The van der Waals surface area contributed by atoms with Gasteiger partial charge < -0.3 is 10.6 Å². The van der Waals surface area contributed by atoms with Gasteiger partial charge in [-0.1, -0.05) is 6.92 Å². The van der Waals surface area contributed by atoms with Crippen molar-refractivity contribution in [1.29, 1.82) is 0 Å². The molecule has 0 aromatic heterocycles. The second-order valence-corrected chi connectivity index (χ2v) is 4.90. The molecule has 1 saturated carbocycles. The Kier molecular flexibility index (Phi) is 1.79. The van der Waals surface area contributed by atoms with E-state index in [-0.39, 0.29) is 17.2 Å². The van der Waals surface area contributed by atoms with Crippen LogP contribution in [-0.2, 0) is 9.59 Å². The third kappa shape index (κ3) is 1.10. The average molecular weight is 218 g/mol. The Hall–Kier alpha value is -1.58. The molecule has 1 unspecified atom stereocenters. The summed E-state index contributed by atoms with van der Waals surface area (Å²) in [6, 6.07) is 0. The fourth-order valence-electron chi connectivity index (χ4n) is 2.76. The zero-order valence-corrected chi connectivity index (χ0v) is 9.17. The van der Waals surface area contributed by atoms with E-state index in [1.165, 1.54) is 0 Å². The van der Waals surface area contributed by atoms with Gasteiger partial charge in [-0.25, -0.2) is 0 Å². The summed E-state index contributed by atoms with van der Waals surface area (Å²) in [4.78, 5) is 22.3. The van der Waals surface area contributed by atoms with Crippen LogP contribution < -0.4 is 10.6 Å². The fourth-order valence-corrected chi connectivity index (χ4v) is 2.76. The van der Waals surface area contributed by atoms with Gasteiger partial charge >= 0.3 is 0 Å². The Labute approximate surface area is 93.8 Å². The number of allylic oxidation sites excluding steroid dienone is 3. The second kappa shape index (κ2) is 2.97. The highest BCUT2D eigenvalue weighted by Crippen LogP contribution is 2.58. The highest BCUT2D eigenvalue weighted by molar-refractivity contribution is 5.95. The Morgan fingerprint density at radius 3 is 2.94 bits per heavy atom. The molecular weight excluding hydrogens is 204 g/mol.